The maximum absolute atomic E-state index is 12.5. The number of benzene rings is 2. The molecule has 0 radical (unpaired) electrons. The van der Waals surface area contributed by atoms with E-state index in [1.165, 1.54) is 24.3 Å². The Bertz CT molecular complexity index is 1200. The van der Waals surface area contributed by atoms with E-state index in [0.29, 0.717) is 17.1 Å². The smallest absolute Gasteiger partial charge is 0.287 e. The van der Waals surface area contributed by atoms with Gasteiger partial charge in [-0.1, -0.05) is 23.7 Å². The second kappa shape index (κ2) is 7.40. The van der Waals surface area contributed by atoms with Crippen LogP contribution in [0.4, 0.5) is 5.69 Å². The molecule has 0 unspecified atom stereocenters. The van der Waals surface area contributed by atoms with Crippen molar-refractivity contribution in [1.29, 1.82) is 0 Å². The van der Waals surface area contributed by atoms with E-state index >= 15 is 0 Å². The number of fused-ring (bicyclic) bond motifs is 1. The van der Waals surface area contributed by atoms with Gasteiger partial charge in [0.2, 0.25) is 0 Å². The fourth-order valence-electron chi connectivity index (χ4n) is 2.94. The molecule has 2 heterocycles. The van der Waals surface area contributed by atoms with Gasteiger partial charge in [-0.05, 0) is 37.3 Å². The molecule has 0 bridgehead atoms. The van der Waals surface area contributed by atoms with Gasteiger partial charge in [-0.15, -0.1) is 0 Å². The van der Waals surface area contributed by atoms with Crippen LogP contribution < -0.4 is 5.32 Å². The van der Waals surface area contributed by atoms with Crippen LogP contribution in [0.2, 0.25) is 5.02 Å². The lowest BCUT2D eigenvalue weighted by molar-refractivity contribution is -0.384. The summed E-state index contributed by atoms with van der Waals surface area (Å²) in [5.41, 5.74) is 2.04. The van der Waals surface area contributed by atoms with Crippen molar-refractivity contribution < 1.29 is 14.1 Å². The standard InChI is InChI=1S/C20H15ClN4O4/c1-11(19-23-15-4-2-3-5-16(15)24-19)22-20(26)18-9-8-17(29-18)13-7-6-12(25(27)28)10-14(13)21/h2-11H,1H3,(H,22,26)(H,23,24)/t11-/m0/s1. The van der Waals surface area contributed by atoms with Crippen LogP contribution in [0.5, 0.6) is 0 Å². The highest BCUT2D eigenvalue weighted by Gasteiger charge is 2.19. The molecule has 29 heavy (non-hydrogen) atoms. The number of non-ortho nitro benzene ring substituents is 1. The highest BCUT2D eigenvalue weighted by atomic mass is 35.5. The van der Waals surface area contributed by atoms with Crippen LogP contribution in [-0.2, 0) is 0 Å². The number of hydrogen-bond donors (Lipinski definition) is 2. The normalized spacial score (nSPS) is 12.1. The monoisotopic (exact) mass is 410 g/mol. The van der Waals surface area contributed by atoms with E-state index in [9.17, 15) is 14.9 Å². The van der Waals surface area contributed by atoms with Gasteiger partial charge in [0.1, 0.15) is 11.6 Å². The van der Waals surface area contributed by atoms with Gasteiger partial charge in [-0.25, -0.2) is 4.98 Å². The van der Waals surface area contributed by atoms with Crippen molar-refractivity contribution in [2.75, 3.05) is 0 Å². The highest BCUT2D eigenvalue weighted by Crippen LogP contribution is 2.32. The molecule has 0 saturated carbocycles. The molecule has 0 aliphatic rings. The minimum Gasteiger partial charge on any atom is -0.451 e. The van der Waals surface area contributed by atoms with Crippen LogP contribution in [0, 0.1) is 10.1 Å². The number of nitrogens with one attached hydrogen (secondary N) is 2. The number of nitro benzene ring substituents is 1. The third-order valence-electron chi connectivity index (χ3n) is 4.42. The molecule has 2 aromatic heterocycles. The van der Waals surface area contributed by atoms with Crippen LogP contribution in [-0.4, -0.2) is 20.8 Å². The maximum Gasteiger partial charge on any atom is 0.287 e. The second-order valence-electron chi connectivity index (χ2n) is 6.42. The van der Waals surface area contributed by atoms with Gasteiger partial charge in [0, 0.05) is 17.7 Å². The summed E-state index contributed by atoms with van der Waals surface area (Å²) in [6, 6.07) is 14.4. The number of rotatable bonds is 5. The average molecular weight is 411 g/mol. The van der Waals surface area contributed by atoms with Crippen molar-refractivity contribution in [3.8, 4) is 11.3 Å². The summed E-state index contributed by atoms with van der Waals surface area (Å²) in [5.74, 6) is 0.649. The number of carbonyl (C=O) groups is 1. The van der Waals surface area contributed by atoms with E-state index < -0.39 is 10.8 Å². The third-order valence-corrected chi connectivity index (χ3v) is 4.74. The number of H-pyrrole nitrogens is 1. The lowest BCUT2D eigenvalue weighted by atomic mass is 10.1. The number of furan rings is 1. The second-order valence-corrected chi connectivity index (χ2v) is 6.83. The van der Waals surface area contributed by atoms with E-state index in [1.54, 1.807) is 6.07 Å². The fraction of sp³-hybridized carbons (Fsp3) is 0.100. The number of carbonyl (C=O) groups excluding carboxylic acids is 1. The lowest BCUT2D eigenvalue weighted by Gasteiger charge is -2.10. The van der Waals surface area contributed by atoms with Gasteiger partial charge < -0.3 is 14.7 Å². The molecule has 4 rings (SSSR count). The third kappa shape index (κ3) is 3.70. The molecule has 0 aliphatic heterocycles. The first kappa shape index (κ1) is 18.7. The first-order valence-corrected chi connectivity index (χ1v) is 9.10. The zero-order chi connectivity index (χ0) is 20.5. The van der Waals surface area contributed by atoms with Crippen molar-refractivity contribution in [2.45, 2.75) is 13.0 Å². The van der Waals surface area contributed by atoms with Crippen molar-refractivity contribution in [1.82, 2.24) is 15.3 Å². The average Bonchev–Trinajstić information content (AvgIpc) is 3.35. The number of amides is 1. The lowest BCUT2D eigenvalue weighted by Crippen LogP contribution is -2.26. The van der Waals surface area contributed by atoms with Gasteiger partial charge >= 0.3 is 0 Å². The summed E-state index contributed by atoms with van der Waals surface area (Å²) in [7, 11) is 0. The first-order valence-electron chi connectivity index (χ1n) is 8.72. The highest BCUT2D eigenvalue weighted by molar-refractivity contribution is 6.33. The van der Waals surface area contributed by atoms with Gasteiger partial charge in [-0.3, -0.25) is 14.9 Å². The molecule has 146 valence electrons. The van der Waals surface area contributed by atoms with Gasteiger partial charge in [0.25, 0.3) is 11.6 Å². The summed E-state index contributed by atoms with van der Waals surface area (Å²) < 4.78 is 5.61. The number of para-hydroxylation sites is 2. The van der Waals surface area contributed by atoms with Crippen molar-refractivity contribution in [2.24, 2.45) is 0 Å². The van der Waals surface area contributed by atoms with Crippen LogP contribution in [0.1, 0.15) is 29.3 Å². The summed E-state index contributed by atoms with van der Waals surface area (Å²) in [4.78, 5) is 30.5. The fourth-order valence-corrected chi connectivity index (χ4v) is 3.20. The van der Waals surface area contributed by atoms with Crippen LogP contribution in [0.15, 0.2) is 59.0 Å². The van der Waals surface area contributed by atoms with Crippen molar-refractivity contribution in [3.63, 3.8) is 0 Å². The van der Waals surface area contributed by atoms with Crippen LogP contribution in [0.3, 0.4) is 0 Å². The Morgan fingerprint density at radius 3 is 2.76 bits per heavy atom. The van der Waals surface area contributed by atoms with E-state index in [1.807, 2.05) is 31.2 Å². The largest absolute Gasteiger partial charge is 0.451 e. The Morgan fingerprint density at radius 1 is 1.24 bits per heavy atom. The topological polar surface area (TPSA) is 114 Å². The van der Waals surface area contributed by atoms with E-state index in [2.05, 4.69) is 15.3 Å². The molecular weight excluding hydrogens is 396 g/mol. The van der Waals surface area contributed by atoms with Crippen molar-refractivity contribution in [3.05, 3.63) is 81.3 Å². The molecule has 8 nitrogen and oxygen atoms in total. The van der Waals surface area contributed by atoms with Gasteiger partial charge in [0.05, 0.1) is 27.0 Å². The maximum atomic E-state index is 12.5. The Balaban J connectivity index is 1.51. The molecule has 1 amide bonds. The molecule has 9 heteroatoms. The molecule has 2 aromatic carbocycles. The quantitative estimate of drug-likeness (QED) is 0.359. The summed E-state index contributed by atoms with van der Waals surface area (Å²) in [5, 5.41) is 13.8. The minimum atomic E-state index is -0.532. The molecule has 0 aliphatic carbocycles. The van der Waals surface area contributed by atoms with Gasteiger partial charge in [0.15, 0.2) is 5.76 Å². The number of aromatic amines is 1. The Kier molecular flexibility index (Phi) is 4.77. The van der Waals surface area contributed by atoms with E-state index in [-0.39, 0.29) is 22.5 Å². The molecular formula is C20H15ClN4O4. The number of aromatic nitrogens is 2. The van der Waals surface area contributed by atoms with Gasteiger partial charge in [-0.2, -0.15) is 0 Å². The Hall–Kier alpha value is -3.65. The zero-order valence-corrected chi connectivity index (χ0v) is 15.9. The summed E-state index contributed by atoms with van der Waals surface area (Å²) in [6.45, 7) is 1.81. The predicted octanol–water partition coefficient (Wildman–Crippen LogP) is 4.88. The number of hydrogen-bond acceptors (Lipinski definition) is 5. The van der Waals surface area contributed by atoms with E-state index in [0.717, 1.165) is 11.0 Å². The number of nitrogens with zero attached hydrogens (tertiary/aromatic N) is 2. The Morgan fingerprint density at radius 2 is 2.03 bits per heavy atom. The SMILES string of the molecule is C[C@H](NC(=O)c1ccc(-c2ccc([N+](=O)[O-])cc2Cl)o1)c1nc2ccccc2[nH]1. The molecule has 4 aromatic rings. The molecule has 0 fully saturated rings. The number of nitro groups is 1. The summed E-state index contributed by atoms with van der Waals surface area (Å²) >= 11 is 6.12. The van der Waals surface area contributed by atoms with Crippen LogP contribution >= 0.6 is 11.6 Å². The summed E-state index contributed by atoms with van der Waals surface area (Å²) in [6.07, 6.45) is 0. The number of imidazole rings is 1. The molecule has 1 atom stereocenters. The number of halogens is 1. The Labute approximate surface area is 169 Å². The predicted molar refractivity (Wildman–Crippen MR) is 108 cm³/mol. The minimum absolute atomic E-state index is 0.0948. The molecule has 0 saturated heterocycles. The van der Waals surface area contributed by atoms with E-state index in [4.69, 9.17) is 16.0 Å². The molecule has 2 N–H and O–H groups in total. The first-order chi connectivity index (χ1) is 13.9. The zero-order valence-electron chi connectivity index (χ0n) is 15.2. The van der Waals surface area contributed by atoms with Crippen LogP contribution in [0.25, 0.3) is 22.4 Å². The molecule has 0 spiro atoms. The van der Waals surface area contributed by atoms with Crippen molar-refractivity contribution >= 4 is 34.2 Å².